The number of anilines is 2. The van der Waals surface area contributed by atoms with E-state index in [4.69, 9.17) is 0 Å². The first kappa shape index (κ1) is 17.9. The van der Waals surface area contributed by atoms with Gasteiger partial charge in [0.25, 0.3) is 0 Å². The molecular formula is C19H21IN2S. The second-order valence-corrected chi connectivity index (χ2v) is 6.22. The molecule has 4 rings (SSSR count). The van der Waals surface area contributed by atoms with Crippen molar-refractivity contribution in [2.45, 2.75) is 11.8 Å². The van der Waals surface area contributed by atoms with Crippen LogP contribution in [-0.4, -0.2) is 12.9 Å². The quantitative estimate of drug-likeness (QED) is 0.523. The van der Waals surface area contributed by atoms with Crippen LogP contribution in [0.1, 0.15) is 12.5 Å². The first-order valence-electron chi connectivity index (χ1n) is 7.41. The molecule has 2 aromatic rings. The molecule has 0 spiro atoms. The van der Waals surface area contributed by atoms with Gasteiger partial charge >= 0.3 is 0 Å². The van der Waals surface area contributed by atoms with Crippen LogP contribution in [0.4, 0.5) is 11.4 Å². The summed E-state index contributed by atoms with van der Waals surface area (Å²) in [6.45, 7) is 2.03. The lowest BCUT2D eigenvalue weighted by Crippen LogP contribution is -2.10. The van der Waals surface area contributed by atoms with Gasteiger partial charge in [0.15, 0.2) is 0 Å². The van der Waals surface area contributed by atoms with Gasteiger partial charge in [0, 0.05) is 23.3 Å². The van der Waals surface area contributed by atoms with E-state index in [0.29, 0.717) is 0 Å². The van der Waals surface area contributed by atoms with Gasteiger partial charge in [-0.15, -0.1) is 35.7 Å². The van der Waals surface area contributed by atoms with Crippen molar-refractivity contribution >= 4 is 53.2 Å². The Hall–Kier alpha value is -1.40. The predicted molar refractivity (Wildman–Crippen MR) is 114 cm³/mol. The summed E-state index contributed by atoms with van der Waals surface area (Å²) in [5.74, 6) is 1.10. The maximum atomic E-state index is 3.32. The predicted octanol–water partition coefficient (Wildman–Crippen LogP) is 5.83. The zero-order valence-electron chi connectivity index (χ0n) is 13.3. The number of para-hydroxylation sites is 2. The Bertz CT molecular complexity index is 725. The summed E-state index contributed by atoms with van der Waals surface area (Å²) in [7, 11) is 2.12. The summed E-state index contributed by atoms with van der Waals surface area (Å²) in [5, 5.41) is 3.32. The highest BCUT2D eigenvalue weighted by atomic mass is 127. The second kappa shape index (κ2) is 8.45. The Morgan fingerprint density at radius 2 is 1.78 bits per heavy atom. The molecule has 2 aromatic carbocycles. The second-order valence-electron chi connectivity index (χ2n) is 5.23. The molecule has 0 aliphatic carbocycles. The van der Waals surface area contributed by atoms with Crippen LogP contribution in [-0.2, 0) is 0 Å². The fourth-order valence-corrected chi connectivity index (χ4v) is 3.45. The van der Waals surface area contributed by atoms with E-state index >= 15 is 0 Å². The molecule has 2 heterocycles. The summed E-state index contributed by atoms with van der Waals surface area (Å²) in [6, 6.07) is 16.8. The van der Waals surface area contributed by atoms with Gasteiger partial charge in [0.2, 0.25) is 0 Å². The number of fused-ring (bicyclic) bond motifs is 2. The summed E-state index contributed by atoms with van der Waals surface area (Å²) in [5.41, 5.74) is 4.97. The Balaban J connectivity index is 0.000000162. The molecule has 120 valence electrons. The maximum Gasteiger partial charge on any atom is 0.0683 e. The van der Waals surface area contributed by atoms with Gasteiger partial charge in [-0.3, -0.25) is 0 Å². The van der Waals surface area contributed by atoms with Crippen molar-refractivity contribution in [3.63, 3.8) is 0 Å². The number of benzene rings is 2. The zero-order chi connectivity index (χ0) is 15.4. The first-order chi connectivity index (χ1) is 10.8. The molecule has 0 radical (unpaired) electrons. The number of allylic oxidation sites excluding steroid dienone is 2. The molecule has 2 nitrogen and oxygen atoms in total. The van der Waals surface area contributed by atoms with E-state index in [1.54, 1.807) is 0 Å². The Morgan fingerprint density at radius 1 is 1.04 bits per heavy atom. The highest BCUT2D eigenvalue weighted by Gasteiger charge is 2.13. The lowest BCUT2D eigenvalue weighted by Gasteiger charge is -2.14. The van der Waals surface area contributed by atoms with Gasteiger partial charge in [-0.05, 0) is 36.8 Å². The molecule has 1 N–H and O–H groups in total. The molecule has 23 heavy (non-hydrogen) atoms. The number of halogens is 1. The van der Waals surface area contributed by atoms with Gasteiger partial charge in [-0.2, -0.15) is 0 Å². The van der Waals surface area contributed by atoms with Crippen LogP contribution >= 0.6 is 35.7 Å². The van der Waals surface area contributed by atoms with Crippen molar-refractivity contribution in [3.05, 3.63) is 71.9 Å². The van der Waals surface area contributed by atoms with E-state index in [2.05, 4.69) is 71.9 Å². The molecule has 4 heteroatoms. The van der Waals surface area contributed by atoms with Gasteiger partial charge in [-0.25, -0.2) is 0 Å². The average Bonchev–Trinajstić information content (AvgIpc) is 2.97. The Labute approximate surface area is 159 Å². The molecular weight excluding hydrogens is 415 g/mol. The molecule has 0 fully saturated rings. The summed E-state index contributed by atoms with van der Waals surface area (Å²) in [4.78, 5) is 3.67. The number of hydrogen-bond donors (Lipinski definition) is 1. The van der Waals surface area contributed by atoms with E-state index in [-0.39, 0.29) is 24.0 Å². The van der Waals surface area contributed by atoms with E-state index in [9.17, 15) is 0 Å². The fraction of sp³-hybridized carbons (Fsp3) is 0.158. The summed E-state index contributed by atoms with van der Waals surface area (Å²) in [6.07, 6.45) is 6.27. The molecule has 2 aliphatic heterocycles. The van der Waals surface area contributed by atoms with Crippen LogP contribution in [0.3, 0.4) is 0 Å². The standard InChI is InChI=1S/C11H11N.C8H9NS.HI/c1-2-10-8-7-9-5-3-4-6-11(9)12-10;1-9-6-10-8-5-3-2-4-7(8)9;/h2-8,12H,1H3;2-5H,6H2,1H3;1H. The molecule has 0 atom stereocenters. The van der Waals surface area contributed by atoms with Crippen molar-refractivity contribution in [3.8, 4) is 0 Å². The molecule has 0 saturated heterocycles. The van der Waals surface area contributed by atoms with E-state index in [1.807, 2.05) is 30.8 Å². The number of hydrogen-bond acceptors (Lipinski definition) is 3. The zero-order valence-corrected chi connectivity index (χ0v) is 16.5. The van der Waals surface area contributed by atoms with Gasteiger partial charge in [-0.1, -0.05) is 42.5 Å². The summed E-state index contributed by atoms with van der Waals surface area (Å²) >= 11 is 1.90. The number of nitrogens with zero attached hydrogens (tertiary/aromatic N) is 1. The van der Waals surface area contributed by atoms with Crippen molar-refractivity contribution in [1.29, 1.82) is 0 Å². The number of thioether (sulfide) groups is 1. The third-order valence-corrected chi connectivity index (χ3v) is 4.86. The minimum absolute atomic E-state index is 0. The monoisotopic (exact) mass is 436 g/mol. The van der Waals surface area contributed by atoms with Gasteiger partial charge in [0.1, 0.15) is 0 Å². The van der Waals surface area contributed by atoms with Crippen molar-refractivity contribution in [2.75, 3.05) is 23.1 Å². The van der Waals surface area contributed by atoms with Crippen LogP contribution in [0, 0.1) is 0 Å². The molecule has 0 bridgehead atoms. The van der Waals surface area contributed by atoms with Crippen LogP contribution in [0.15, 0.2) is 71.3 Å². The highest BCUT2D eigenvalue weighted by Crippen LogP contribution is 2.36. The third-order valence-electron chi connectivity index (χ3n) is 3.68. The minimum atomic E-state index is 0. The summed E-state index contributed by atoms with van der Waals surface area (Å²) < 4.78 is 0. The first-order valence-corrected chi connectivity index (χ1v) is 8.40. The SMILES string of the molecule is CC=C1C=Cc2ccccc2N1.CN1CSc2ccccc21.I. The average molecular weight is 436 g/mol. The highest BCUT2D eigenvalue weighted by molar-refractivity contribution is 14.0. The van der Waals surface area contributed by atoms with Gasteiger partial charge in [0.05, 0.1) is 11.6 Å². The molecule has 0 aromatic heterocycles. The van der Waals surface area contributed by atoms with Crippen LogP contribution in [0.2, 0.25) is 0 Å². The number of rotatable bonds is 0. The molecule has 0 amide bonds. The van der Waals surface area contributed by atoms with Crippen LogP contribution < -0.4 is 10.2 Å². The molecule has 2 aliphatic rings. The topological polar surface area (TPSA) is 15.3 Å². The van der Waals surface area contributed by atoms with Crippen molar-refractivity contribution in [1.82, 2.24) is 0 Å². The maximum absolute atomic E-state index is 3.32. The van der Waals surface area contributed by atoms with E-state index in [0.717, 1.165) is 11.6 Å². The smallest absolute Gasteiger partial charge is 0.0683 e. The molecule has 0 saturated carbocycles. The normalized spacial score (nSPS) is 15.7. The Kier molecular flexibility index (Phi) is 6.59. The Morgan fingerprint density at radius 3 is 2.57 bits per heavy atom. The third kappa shape index (κ3) is 4.32. The van der Waals surface area contributed by atoms with Gasteiger partial charge < -0.3 is 10.2 Å². The fourth-order valence-electron chi connectivity index (χ4n) is 2.43. The van der Waals surface area contributed by atoms with E-state index < -0.39 is 0 Å². The van der Waals surface area contributed by atoms with E-state index in [1.165, 1.54) is 21.8 Å². The largest absolute Gasteiger partial charge is 0.364 e. The van der Waals surface area contributed by atoms with Crippen molar-refractivity contribution < 1.29 is 0 Å². The number of nitrogens with one attached hydrogen (secondary N) is 1. The lowest BCUT2D eigenvalue weighted by molar-refractivity contribution is 1.10. The van der Waals surface area contributed by atoms with Crippen LogP contribution in [0.5, 0.6) is 0 Å². The van der Waals surface area contributed by atoms with Crippen LogP contribution in [0.25, 0.3) is 6.08 Å². The minimum Gasteiger partial charge on any atom is -0.364 e. The molecule has 0 unspecified atom stereocenters. The van der Waals surface area contributed by atoms with Crippen molar-refractivity contribution in [2.24, 2.45) is 0 Å². The lowest BCUT2D eigenvalue weighted by atomic mass is 10.1.